The minimum atomic E-state index is -1.87. The second-order valence-corrected chi connectivity index (χ2v) is 10.5. The number of hydrogen-bond donors (Lipinski definition) is 1. The maximum Gasteiger partial charge on any atom is 0.333 e. The lowest BCUT2D eigenvalue weighted by molar-refractivity contribution is -0.149. The van der Waals surface area contributed by atoms with Gasteiger partial charge in [-0.05, 0) is 38.3 Å². The van der Waals surface area contributed by atoms with Crippen molar-refractivity contribution in [3.8, 4) is 11.5 Å². The van der Waals surface area contributed by atoms with E-state index in [1.54, 1.807) is 13.8 Å². The molecule has 0 saturated carbocycles. The molecule has 3 heterocycles. The smallest absolute Gasteiger partial charge is 0.333 e. The van der Waals surface area contributed by atoms with Crippen LogP contribution >= 0.6 is 11.3 Å². The fourth-order valence-electron chi connectivity index (χ4n) is 4.46. The van der Waals surface area contributed by atoms with Crippen molar-refractivity contribution in [2.75, 3.05) is 0 Å². The topological polar surface area (TPSA) is 134 Å². The Balaban J connectivity index is 2.07. The number of hydrogen-bond acceptors (Lipinski definition) is 8. The molecule has 0 fully saturated rings. The number of rotatable bonds is 9. The van der Waals surface area contributed by atoms with Crippen LogP contribution in [0.1, 0.15) is 56.2 Å². The van der Waals surface area contributed by atoms with E-state index < -0.39 is 34.8 Å². The van der Waals surface area contributed by atoms with Crippen molar-refractivity contribution < 1.29 is 23.8 Å². The predicted octanol–water partition coefficient (Wildman–Crippen LogP) is 4.26. The molecular weight excluding hydrogens is 510 g/mol. The number of carbonyl (C=O) groups excluding carboxylic acids is 1. The lowest BCUT2D eigenvalue weighted by Crippen LogP contribution is -2.52. The molecule has 0 saturated heterocycles. The van der Waals surface area contributed by atoms with Crippen LogP contribution in [0, 0.1) is 6.92 Å². The van der Waals surface area contributed by atoms with Crippen molar-refractivity contribution in [2.24, 2.45) is 0 Å². The number of ether oxygens (including phenoxy) is 1. The molecule has 0 bridgehead atoms. The summed E-state index contributed by atoms with van der Waals surface area (Å²) >= 11 is 1.19. The fourth-order valence-corrected chi connectivity index (χ4v) is 5.59. The molecule has 0 spiro atoms. The van der Waals surface area contributed by atoms with Crippen LogP contribution in [0.4, 0.5) is 0 Å². The number of oxazole rings is 1. The second kappa shape index (κ2) is 10.4. The zero-order valence-electron chi connectivity index (χ0n) is 21.8. The van der Waals surface area contributed by atoms with E-state index in [0.717, 1.165) is 15.7 Å². The number of fused-ring (bicyclic) bond motifs is 1. The van der Waals surface area contributed by atoms with Gasteiger partial charge in [0.2, 0.25) is 5.89 Å². The summed E-state index contributed by atoms with van der Waals surface area (Å²) < 4.78 is 13.4. The first-order chi connectivity index (χ1) is 18.0. The molecule has 4 aromatic rings. The number of esters is 1. The third-order valence-corrected chi connectivity index (χ3v) is 7.70. The van der Waals surface area contributed by atoms with Crippen LogP contribution in [0.15, 0.2) is 50.7 Å². The molecule has 0 amide bonds. The first kappa shape index (κ1) is 27.1. The van der Waals surface area contributed by atoms with Gasteiger partial charge in [0.05, 0.1) is 23.7 Å². The molecule has 3 aromatic heterocycles. The Morgan fingerprint density at radius 2 is 1.92 bits per heavy atom. The normalized spacial score (nSPS) is 12.6. The molecule has 4 rings (SSSR count). The Hall–Kier alpha value is -3.99. The minimum absolute atomic E-state index is 0.119. The molecule has 1 atom stereocenters. The Kier molecular flexibility index (Phi) is 7.41. The molecule has 38 heavy (non-hydrogen) atoms. The van der Waals surface area contributed by atoms with Gasteiger partial charge in [-0.15, -0.1) is 11.3 Å². The van der Waals surface area contributed by atoms with E-state index in [1.807, 2.05) is 31.2 Å². The number of aromatic nitrogens is 3. The largest absolute Gasteiger partial charge is 0.480 e. The van der Waals surface area contributed by atoms with Crippen LogP contribution in [0.25, 0.3) is 21.7 Å². The number of aliphatic carboxylic acids is 1. The SMILES string of the molecule is CCC(=O)O[C@@H](Cn1c(=O)n(C(C)(C)C(=O)O)c(=O)c2c(-c3ncco3)c(C)sc21)c1ccccc1CC. The highest BCUT2D eigenvalue weighted by Gasteiger charge is 2.36. The highest BCUT2D eigenvalue weighted by Crippen LogP contribution is 2.36. The average molecular weight is 540 g/mol. The average Bonchev–Trinajstić information content (AvgIpc) is 3.53. The van der Waals surface area contributed by atoms with Gasteiger partial charge < -0.3 is 14.3 Å². The number of carboxylic acid groups (broad SMARTS) is 1. The van der Waals surface area contributed by atoms with Gasteiger partial charge >= 0.3 is 17.6 Å². The zero-order chi connectivity index (χ0) is 27.8. The van der Waals surface area contributed by atoms with Crippen molar-refractivity contribution in [1.29, 1.82) is 0 Å². The van der Waals surface area contributed by atoms with Crippen molar-refractivity contribution in [1.82, 2.24) is 14.1 Å². The quantitative estimate of drug-likeness (QED) is 0.312. The van der Waals surface area contributed by atoms with Gasteiger partial charge in [0.1, 0.15) is 22.7 Å². The third kappa shape index (κ3) is 4.58. The molecule has 200 valence electrons. The lowest BCUT2D eigenvalue weighted by Gasteiger charge is -2.25. The minimum Gasteiger partial charge on any atom is -0.480 e. The number of nitrogens with zero attached hydrogens (tertiary/aromatic N) is 3. The van der Waals surface area contributed by atoms with Crippen LogP contribution in [-0.4, -0.2) is 31.2 Å². The Morgan fingerprint density at radius 1 is 1.21 bits per heavy atom. The standard InChI is InChI=1S/C27H29N3O7S/c1-6-16-10-8-9-11-17(16)18(37-19(31)7-2)14-29-24-21(20(15(3)38-24)22-28-12-13-36-22)23(32)30(26(29)35)27(4,5)25(33)34/h8-13,18H,6-7,14H2,1-5H3,(H,33,34)/t18-/m0/s1. The maximum atomic E-state index is 13.9. The van der Waals surface area contributed by atoms with Crippen LogP contribution in [0.2, 0.25) is 0 Å². The second-order valence-electron chi connectivity index (χ2n) is 9.33. The first-order valence-corrected chi connectivity index (χ1v) is 13.0. The van der Waals surface area contributed by atoms with Crippen LogP contribution in [0.3, 0.4) is 0 Å². The highest BCUT2D eigenvalue weighted by molar-refractivity contribution is 7.19. The van der Waals surface area contributed by atoms with E-state index in [2.05, 4.69) is 4.98 Å². The van der Waals surface area contributed by atoms with Crippen LogP contribution < -0.4 is 11.2 Å². The molecule has 0 aliphatic rings. The van der Waals surface area contributed by atoms with Gasteiger partial charge in [-0.3, -0.25) is 14.2 Å². The summed E-state index contributed by atoms with van der Waals surface area (Å²) in [4.78, 5) is 57.5. The first-order valence-electron chi connectivity index (χ1n) is 12.2. The molecule has 1 N–H and O–H groups in total. The summed E-state index contributed by atoms with van der Waals surface area (Å²) in [6.45, 7) is 7.88. The van der Waals surface area contributed by atoms with Gasteiger partial charge in [-0.1, -0.05) is 38.1 Å². The maximum absolute atomic E-state index is 13.9. The number of benzene rings is 1. The molecule has 11 heteroatoms. The van der Waals surface area contributed by atoms with E-state index in [0.29, 0.717) is 21.7 Å². The molecular formula is C27H29N3O7S. The predicted molar refractivity (Wildman–Crippen MR) is 142 cm³/mol. The van der Waals surface area contributed by atoms with E-state index >= 15 is 0 Å². The van der Waals surface area contributed by atoms with Gasteiger partial charge in [-0.25, -0.2) is 19.1 Å². The number of carbonyl (C=O) groups is 2. The van der Waals surface area contributed by atoms with Crippen molar-refractivity contribution in [2.45, 2.75) is 65.6 Å². The fraction of sp³-hybridized carbons (Fsp3) is 0.370. The summed E-state index contributed by atoms with van der Waals surface area (Å²) in [7, 11) is 0. The zero-order valence-corrected chi connectivity index (χ0v) is 22.6. The van der Waals surface area contributed by atoms with E-state index in [4.69, 9.17) is 9.15 Å². The van der Waals surface area contributed by atoms with Crippen molar-refractivity contribution >= 4 is 33.5 Å². The Morgan fingerprint density at radius 3 is 2.53 bits per heavy atom. The van der Waals surface area contributed by atoms with Crippen LogP contribution in [-0.2, 0) is 32.8 Å². The molecule has 10 nitrogen and oxygen atoms in total. The summed E-state index contributed by atoms with van der Waals surface area (Å²) in [5, 5.41) is 10.1. The summed E-state index contributed by atoms with van der Waals surface area (Å²) in [5.74, 6) is -1.62. The number of aryl methyl sites for hydroxylation is 2. The molecule has 0 aliphatic heterocycles. The number of thiophene rings is 1. The van der Waals surface area contributed by atoms with Gasteiger partial charge in [0.15, 0.2) is 0 Å². The Labute approximate surface area is 222 Å². The monoisotopic (exact) mass is 539 g/mol. The molecule has 0 aliphatic carbocycles. The van der Waals surface area contributed by atoms with Crippen LogP contribution in [0.5, 0.6) is 0 Å². The van der Waals surface area contributed by atoms with Gasteiger partial charge in [-0.2, -0.15) is 0 Å². The van der Waals surface area contributed by atoms with Gasteiger partial charge in [0.25, 0.3) is 5.56 Å². The summed E-state index contributed by atoms with van der Waals surface area (Å²) in [6, 6.07) is 7.46. The Bertz CT molecular complexity index is 1630. The van der Waals surface area contributed by atoms with E-state index in [9.17, 15) is 24.3 Å². The molecule has 1 aromatic carbocycles. The van der Waals surface area contributed by atoms with Crippen molar-refractivity contribution in [3.63, 3.8) is 0 Å². The summed E-state index contributed by atoms with van der Waals surface area (Å²) in [5.41, 5.74) is -1.39. The lowest BCUT2D eigenvalue weighted by atomic mass is 10.00. The van der Waals surface area contributed by atoms with E-state index in [-0.39, 0.29) is 24.2 Å². The molecule has 0 unspecified atom stereocenters. The third-order valence-electron chi connectivity index (χ3n) is 6.57. The van der Waals surface area contributed by atoms with E-state index in [1.165, 1.54) is 42.2 Å². The van der Waals surface area contributed by atoms with Crippen molar-refractivity contribution in [3.05, 3.63) is 73.6 Å². The molecule has 0 radical (unpaired) electrons. The number of carboxylic acids is 1. The summed E-state index contributed by atoms with van der Waals surface area (Å²) in [6.07, 6.45) is 2.75. The highest BCUT2D eigenvalue weighted by atomic mass is 32.1. The van der Waals surface area contributed by atoms with Gasteiger partial charge in [0, 0.05) is 11.3 Å².